The summed E-state index contributed by atoms with van der Waals surface area (Å²) in [5, 5.41) is 8.89. The number of aliphatic hydroxyl groups excluding tert-OH is 1. The van der Waals surface area contributed by atoms with Gasteiger partial charge >= 0.3 is 18.5 Å². The number of hydrogen-bond donors (Lipinski definition) is 2. The van der Waals surface area contributed by atoms with E-state index in [0.29, 0.717) is 0 Å². The van der Waals surface area contributed by atoms with Gasteiger partial charge in [-0.2, -0.15) is 39.5 Å². The van der Waals surface area contributed by atoms with E-state index < -0.39 is 47.4 Å². The number of nitrogens with two attached hydrogens (primary N) is 1. The number of benzene rings is 1. The second kappa shape index (κ2) is 6.73. The smallest absolute Gasteiger partial charge is 0.382 e. The van der Waals surface area contributed by atoms with Crippen molar-refractivity contribution >= 4 is 12.4 Å². The predicted octanol–water partition coefficient (Wildman–Crippen LogP) is 4.07. The van der Waals surface area contributed by atoms with Gasteiger partial charge in [-0.1, -0.05) is 6.07 Å². The molecule has 0 aromatic heterocycles. The minimum absolute atomic E-state index is 0. The molecule has 1 aromatic carbocycles. The Kier molecular flexibility index (Phi) is 6.38. The van der Waals surface area contributed by atoms with Crippen molar-refractivity contribution < 1.29 is 44.6 Å². The highest BCUT2D eigenvalue weighted by molar-refractivity contribution is 5.85. The quantitative estimate of drug-likeness (QED) is 0.763. The zero-order valence-electron chi connectivity index (χ0n) is 10.7. The molecule has 0 radical (unpaired) electrons. The number of hydrogen-bond acceptors (Lipinski definition) is 2. The van der Waals surface area contributed by atoms with Crippen molar-refractivity contribution in [1.29, 1.82) is 0 Å². The van der Waals surface area contributed by atoms with E-state index in [2.05, 4.69) is 0 Å². The molecule has 2 nitrogen and oxygen atoms in total. The van der Waals surface area contributed by atoms with Crippen LogP contribution < -0.4 is 5.73 Å². The maximum Gasteiger partial charge on any atom is 0.416 e. The van der Waals surface area contributed by atoms with Crippen molar-refractivity contribution in [1.82, 2.24) is 0 Å². The molecule has 0 unspecified atom stereocenters. The molecule has 134 valence electrons. The first kappa shape index (κ1) is 21.8. The number of rotatable bonds is 2. The lowest BCUT2D eigenvalue weighted by atomic mass is 9.94. The summed E-state index contributed by atoms with van der Waals surface area (Å²) in [7, 11) is 0. The van der Waals surface area contributed by atoms with Gasteiger partial charge in [0, 0.05) is 0 Å². The topological polar surface area (TPSA) is 46.2 Å². The Bertz CT molecular complexity index is 538. The van der Waals surface area contributed by atoms with Gasteiger partial charge < -0.3 is 10.8 Å². The maximum atomic E-state index is 12.8. The molecule has 0 spiro atoms. The average molecular weight is 378 g/mol. The highest BCUT2D eigenvalue weighted by Gasteiger charge is 2.46. The molecule has 0 aliphatic carbocycles. The molecule has 23 heavy (non-hydrogen) atoms. The molecule has 12 heteroatoms. The minimum Gasteiger partial charge on any atom is -0.382 e. The summed E-state index contributed by atoms with van der Waals surface area (Å²) in [6.07, 6.45) is -19.2. The molecule has 0 bridgehead atoms. The van der Waals surface area contributed by atoms with Crippen LogP contribution >= 0.6 is 12.4 Å². The third kappa shape index (κ3) is 5.15. The molecule has 2 atom stereocenters. The Morgan fingerprint density at radius 2 is 1.35 bits per heavy atom. The second-order valence-electron chi connectivity index (χ2n) is 4.31. The molecule has 0 fully saturated rings. The lowest BCUT2D eigenvalue weighted by Crippen LogP contribution is -2.39. The Balaban J connectivity index is 0.00000484. The molecule has 0 heterocycles. The number of aliphatic hydroxyl groups is 1. The van der Waals surface area contributed by atoms with E-state index in [1.165, 1.54) is 0 Å². The van der Waals surface area contributed by atoms with Crippen LogP contribution in [0.2, 0.25) is 0 Å². The van der Waals surface area contributed by atoms with Gasteiger partial charge in [0.25, 0.3) is 0 Å². The van der Waals surface area contributed by atoms with Crippen molar-refractivity contribution in [3.8, 4) is 0 Å². The van der Waals surface area contributed by atoms with Crippen molar-refractivity contribution in [3.63, 3.8) is 0 Å². The van der Waals surface area contributed by atoms with Gasteiger partial charge in [-0.25, -0.2) is 0 Å². The van der Waals surface area contributed by atoms with E-state index in [4.69, 9.17) is 10.8 Å². The minimum atomic E-state index is -5.38. The third-order valence-electron chi connectivity index (χ3n) is 2.72. The van der Waals surface area contributed by atoms with Crippen LogP contribution in [0.3, 0.4) is 0 Å². The summed E-state index contributed by atoms with van der Waals surface area (Å²) < 4.78 is 112. The summed E-state index contributed by atoms with van der Waals surface area (Å²) >= 11 is 0. The van der Waals surface area contributed by atoms with E-state index in [-0.39, 0.29) is 30.6 Å². The van der Waals surface area contributed by atoms with Crippen LogP contribution in [0.15, 0.2) is 18.2 Å². The fraction of sp³-hybridized carbons (Fsp3) is 0.455. The van der Waals surface area contributed by atoms with Crippen LogP contribution in [0.25, 0.3) is 0 Å². The molecule has 1 rings (SSSR count). The Hall–Kier alpha value is -1.20. The average Bonchev–Trinajstić information content (AvgIpc) is 2.33. The predicted molar refractivity (Wildman–Crippen MR) is 62.7 cm³/mol. The Labute approximate surface area is 129 Å². The van der Waals surface area contributed by atoms with Gasteiger partial charge in [0.15, 0.2) is 6.10 Å². The summed E-state index contributed by atoms with van der Waals surface area (Å²) in [6.45, 7) is 0. The second-order valence-corrected chi connectivity index (χ2v) is 4.31. The zero-order valence-corrected chi connectivity index (χ0v) is 11.5. The molecule has 3 N–H and O–H groups in total. The summed E-state index contributed by atoms with van der Waals surface area (Å²) in [5.74, 6) is 0. The summed E-state index contributed by atoms with van der Waals surface area (Å²) in [4.78, 5) is 0. The first-order chi connectivity index (χ1) is 9.65. The van der Waals surface area contributed by atoms with Crippen LogP contribution in [0.4, 0.5) is 39.5 Å². The normalized spacial score (nSPS) is 15.8. The van der Waals surface area contributed by atoms with Gasteiger partial charge in [-0.15, -0.1) is 12.4 Å². The summed E-state index contributed by atoms with van der Waals surface area (Å²) in [5.41, 5.74) is -0.0415. The van der Waals surface area contributed by atoms with Crippen LogP contribution in [0, 0.1) is 0 Å². The molecule has 1 aromatic rings. The van der Waals surface area contributed by atoms with Crippen molar-refractivity contribution in [2.45, 2.75) is 30.7 Å². The number of alkyl halides is 9. The van der Waals surface area contributed by atoms with Gasteiger partial charge in [0.05, 0.1) is 17.2 Å². The van der Waals surface area contributed by atoms with Crippen LogP contribution in [-0.4, -0.2) is 17.4 Å². The molecule has 0 saturated heterocycles. The van der Waals surface area contributed by atoms with E-state index in [1.54, 1.807) is 0 Å². The first-order valence-corrected chi connectivity index (χ1v) is 5.44. The maximum absolute atomic E-state index is 12.8. The summed E-state index contributed by atoms with van der Waals surface area (Å²) in [6, 6.07) is -2.60. The van der Waals surface area contributed by atoms with Gasteiger partial charge in [0.2, 0.25) is 0 Å². The zero-order chi connectivity index (χ0) is 17.5. The highest BCUT2D eigenvalue weighted by atomic mass is 35.5. The number of halogens is 10. The van der Waals surface area contributed by atoms with Crippen LogP contribution in [0.1, 0.15) is 22.7 Å². The van der Waals surface area contributed by atoms with E-state index in [1.807, 2.05) is 0 Å². The van der Waals surface area contributed by atoms with Gasteiger partial charge in [0.1, 0.15) is 0 Å². The largest absolute Gasteiger partial charge is 0.416 e. The standard InChI is InChI=1S/C11H8F9NO.ClH/c12-9(13,14)4-1-2-5(6(3-4)10(15,16)17)7(21)8(22)11(18,19)20;/h1-3,7-8,22H,21H2;1H/t7-,8-;/m0./s1. The highest BCUT2D eigenvalue weighted by Crippen LogP contribution is 2.40. The lowest BCUT2D eigenvalue weighted by Gasteiger charge is -2.25. The molecule has 0 amide bonds. The Morgan fingerprint density at radius 3 is 1.70 bits per heavy atom. The van der Waals surface area contributed by atoms with Crippen LogP contribution in [0.5, 0.6) is 0 Å². The fourth-order valence-corrected chi connectivity index (χ4v) is 1.64. The van der Waals surface area contributed by atoms with E-state index in [9.17, 15) is 39.5 Å². The SMILES string of the molecule is Cl.N[C@@H](c1ccc(C(F)(F)F)cc1C(F)(F)F)[C@H](O)C(F)(F)F. The van der Waals surface area contributed by atoms with E-state index >= 15 is 0 Å². The van der Waals surface area contributed by atoms with Crippen molar-refractivity contribution in [2.24, 2.45) is 5.73 Å². The van der Waals surface area contributed by atoms with E-state index in [0.717, 1.165) is 0 Å². The fourth-order valence-electron chi connectivity index (χ4n) is 1.64. The molecule has 0 saturated carbocycles. The van der Waals surface area contributed by atoms with Crippen LogP contribution in [-0.2, 0) is 12.4 Å². The monoisotopic (exact) mass is 377 g/mol. The first-order valence-electron chi connectivity index (χ1n) is 5.44. The molecular formula is C11H9ClF9NO. The third-order valence-corrected chi connectivity index (χ3v) is 2.72. The molecule has 0 aliphatic heterocycles. The van der Waals surface area contributed by atoms with Gasteiger partial charge in [-0.05, 0) is 17.7 Å². The molecular weight excluding hydrogens is 369 g/mol. The van der Waals surface area contributed by atoms with Crippen molar-refractivity contribution in [2.75, 3.05) is 0 Å². The Morgan fingerprint density at radius 1 is 0.870 bits per heavy atom. The van der Waals surface area contributed by atoms with Gasteiger partial charge in [-0.3, -0.25) is 0 Å². The molecule has 0 aliphatic rings. The van der Waals surface area contributed by atoms with Crippen molar-refractivity contribution in [3.05, 3.63) is 34.9 Å². The lowest BCUT2D eigenvalue weighted by molar-refractivity contribution is -0.211.